The molecule has 0 amide bonds. The number of nitrogens with zero attached hydrogens (tertiary/aromatic N) is 2. The Hall–Kier alpha value is -2.46. The van der Waals surface area contributed by atoms with Crippen LogP contribution in [0.1, 0.15) is 35.2 Å². The van der Waals surface area contributed by atoms with Crippen molar-refractivity contribution in [1.82, 2.24) is 9.47 Å². The van der Waals surface area contributed by atoms with Crippen molar-refractivity contribution in [3.8, 4) is 0 Å². The third-order valence-electron chi connectivity index (χ3n) is 5.19. The summed E-state index contributed by atoms with van der Waals surface area (Å²) in [5.74, 6) is -1.50. The number of benzene rings is 2. The number of hydrogen-bond donors (Lipinski definition) is 0. The van der Waals surface area contributed by atoms with Crippen molar-refractivity contribution in [2.24, 2.45) is 0 Å². The topological polar surface area (TPSA) is 8.17 Å². The van der Waals surface area contributed by atoms with Crippen LogP contribution in [-0.4, -0.2) is 15.5 Å². The fourth-order valence-corrected chi connectivity index (χ4v) is 3.61. The van der Waals surface area contributed by atoms with E-state index in [1.165, 1.54) is 22.9 Å². The Morgan fingerprint density at radius 2 is 1.81 bits per heavy atom. The first-order valence-electron chi connectivity index (χ1n) is 9.46. The Morgan fingerprint density at radius 1 is 1.00 bits per heavy atom. The summed E-state index contributed by atoms with van der Waals surface area (Å²) in [5.41, 5.74) is 4.14. The first-order valence-corrected chi connectivity index (χ1v) is 9.46. The van der Waals surface area contributed by atoms with Gasteiger partial charge in [0, 0.05) is 43.1 Å². The lowest BCUT2D eigenvalue weighted by molar-refractivity contribution is 0.235. The Morgan fingerprint density at radius 3 is 2.59 bits per heavy atom. The molecule has 1 fully saturated rings. The molecule has 0 bridgehead atoms. The molecule has 27 heavy (non-hydrogen) atoms. The van der Waals surface area contributed by atoms with Crippen molar-refractivity contribution in [2.45, 2.75) is 45.4 Å². The molecule has 0 aliphatic heterocycles. The maximum atomic E-state index is 14.1. The smallest absolute Gasteiger partial charge is 0.163 e. The summed E-state index contributed by atoms with van der Waals surface area (Å²) in [5, 5.41) is 0. The van der Waals surface area contributed by atoms with E-state index in [1.54, 1.807) is 12.1 Å². The molecule has 1 heterocycles. The predicted octanol–water partition coefficient (Wildman–Crippen LogP) is 5.29. The molecule has 0 radical (unpaired) electrons. The standard InChI is InChI=1S/C23H24F2N2/c1-17-5-2-6-18(13-17)14-26-12-4-8-21(26)16-27(20-10-11-20)15-19-7-3-9-22(24)23(19)25/h2-9,12-13,20H,10-11,14-16H2,1H3. The number of hydrogen-bond acceptors (Lipinski definition) is 1. The summed E-state index contributed by atoms with van der Waals surface area (Å²) in [6.45, 7) is 4.09. The summed E-state index contributed by atoms with van der Waals surface area (Å²) in [6, 6.07) is 17.6. The zero-order valence-corrected chi connectivity index (χ0v) is 15.5. The minimum atomic E-state index is -0.772. The number of rotatable bonds is 7. The van der Waals surface area contributed by atoms with Crippen LogP contribution in [0.15, 0.2) is 60.8 Å². The molecule has 140 valence electrons. The molecule has 1 saturated carbocycles. The van der Waals surface area contributed by atoms with E-state index < -0.39 is 11.6 Å². The van der Waals surface area contributed by atoms with Gasteiger partial charge in [-0.05, 0) is 43.5 Å². The third kappa shape index (κ3) is 4.28. The largest absolute Gasteiger partial charge is 0.346 e. The average Bonchev–Trinajstić information content (AvgIpc) is 3.40. The molecule has 1 aliphatic carbocycles. The highest BCUT2D eigenvalue weighted by atomic mass is 19.2. The zero-order chi connectivity index (χ0) is 18.8. The van der Waals surface area contributed by atoms with Crippen molar-refractivity contribution >= 4 is 0 Å². The minimum Gasteiger partial charge on any atom is -0.346 e. The van der Waals surface area contributed by atoms with E-state index in [1.807, 2.05) is 0 Å². The van der Waals surface area contributed by atoms with E-state index in [4.69, 9.17) is 0 Å². The van der Waals surface area contributed by atoms with Crippen LogP contribution in [0.3, 0.4) is 0 Å². The molecular formula is C23H24F2N2. The highest BCUT2D eigenvalue weighted by Crippen LogP contribution is 2.30. The molecule has 3 aromatic rings. The second-order valence-electron chi connectivity index (χ2n) is 7.47. The fourth-order valence-electron chi connectivity index (χ4n) is 3.61. The maximum Gasteiger partial charge on any atom is 0.163 e. The van der Waals surface area contributed by atoms with Gasteiger partial charge in [-0.3, -0.25) is 4.90 Å². The Kier molecular flexibility index (Phi) is 5.08. The van der Waals surface area contributed by atoms with E-state index in [2.05, 4.69) is 59.0 Å². The van der Waals surface area contributed by atoms with Gasteiger partial charge in [0.05, 0.1) is 0 Å². The van der Waals surface area contributed by atoms with Gasteiger partial charge in [0.15, 0.2) is 11.6 Å². The summed E-state index contributed by atoms with van der Waals surface area (Å²) >= 11 is 0. The molecule has 0 saturated heterocycles. The van der Waals surface area contributed by atoms with Gasteiger partial charge in [0.1, 0.15) is 0 Å². The van der Waals surface area contributed by atoms with Crippen LogP contribution in [-0.2, 0) is 19.6 Å². The highest BCUT2D eigenvalue weighted by molar-refractivity contribution is 5.24. The maximum absolute atomic E-state index is 14.1. The van der Waals surface area contributed by atoms with Crippen LogP contribution in [0.25, 0.3) is 0 Å². The second-order valence-corrected chi connectivity index (χ2v) is 7.47. The van der Waals surface area contributed by atoms with Crippen LogP contribution in [0, 0.1) is 18.6 Å². The highest BCUT2D eigenvalue weighted by Gasteiger charge is 2.30. The van der Waals surface area contributed by atoms with Crippen molar-refractivity contribution in [3.63, 3.8) is 0 Å². The SMILES string of the molecule is Cc1cccc(Cn2cccc2CN(Cc2cccc(F)c2F)C2CC2)c1. The number of aryl methyl sites for hydroxylation is 1. The molecule has 1 aliphatic rings. The zero-order valence-electron chi connectivity index (χ0n) is 15.5. The van der Waals surface area contributed by atoms with Crippen molar-refractivity contribution in [2.75, 3.05) is 0 Å². The summed E-state index contributed by atoms with van der Waals surface area (Å²) in [4.78, 5) is 2.26. The van der Waals surface area contributed by atoms with Crippen molar-refractivity contribution in [1.29, 1.82) is 0 Å². The Bertz CT molecular complexity index is 928. The van der Waals surface area contributed by atoms with Gasteiger partial charge in [0.25, 0.3) is 0 Å². The monoisotopic (exact) mass is 366 g/mol. The van der Waals surface area contributed by atoms with Gasteiger partial charge in [-0.15, -0.1) is 0 Å². The molecule has 0 spiro atoms. The molecule has 2 aromatic carbocycles. The van der Waals surface area contributed by atoms with Crippen LogP contribution >= 0.6 is 0 Å². The van der Waals surface area contributed by atoms with E-state index in [0.717, 1.165) is 25.9 Å². The van der Waals surface area contributed by atoms with E-state index in [0.29, 0.717) is 18.2 Å². The molecule has 0 unspecified atom stereocenters. The van der Waals surface area contributed by atoms with Crippen LogP contribution in [0.5, 0.6) is 0 Å². The van der Waals surface area contributed by atoms with E-state index in [9.17, 15) is 8.78 Å². The molecule has 0 N–H and O–H groups in total. The second kappa shape index (κ2) is 7.65. The molecule has 0 atom stereocenters. The predicted molar refractivity (Wildman–Crippen MR) is 103 cm³/mol. The molecule has 4 heteroatoms. The average molecular weight is 366 g/mol. The minimum absolute atomic E-state index is 0.429. The number of aromatic nitrogens is 1. The van der Waals surface area contributed by atoms with Crippen molar-refractivity contribution < 1.29 is 8.78 Å². The third-order valence-corrected chi connectivity index (χ3v) is 5.19. The molecule has 1 aromatic heterocycles. The molecular weight excluding hydrogens is 342 g/mol. The first kappa shape index (κ1) is 17.9. The van der Waals surface area contributed by atoms with Gasteiger partial charge in [-0.2, -0.15) is 0 Å². The molecule has 4 rings (SSSR count). The lowest BCUT2D eigenvalue weighted by atomic mass is 10.1. The van der Waals surface area contributed by atoms with E-state index in [-0.39, 0.29) is 0 Å². The molecule has 2 nitrogen and oxygen atoms in total. The summed E-state index contributed by atoms with van der Waals surface area (Å²) in [7, 11) is 0. The normalized spacial score (nSPS) is 14.1. The van der Waals surface area contributed by atoms with Gasteiger partial charge in [-0.25, -0.2) is 8.78 Å². The Balaban J connectivity index is 1.51. The van der Waals surface area contributed by atoms with Crippen LogP contribution in [0.2, 0.25) is 0 Å². The van der Waals surface area contributed by atoms with Gasteiger partial charge < -0.3 is 4.57 Å². The van der Waals surface area contributed by atoms with Crippen LogP contribution < -0.4 is 0 Å². The van der Waals surface area contributed by atoms with Gasteiger partial charge in [0.2, 0.25) is 0 Å². The van der Waals surface area contributed by atoms with Crippen molar-refractivity contribution in [3.05, 3.63) is 94.8 Å². The van der Waals surface area contributed by atoms with E-state index >= 15 is 0 Å². The van der Waals surface area contributed by atoms with Gasteiger partial charge in [-0.1, -0.05) is 42.0 Å². The van der Waals surface area contributed by atoms with Crippen LogP contribution in [0.4, 0.5) is 8.78 Å². The fraction of sp³-hybridized carbons (Fsp3) is 0.304. The lowest BCUT2D eigenvalue weighted by Gasteiger charge is -2.23. The Labute approximate surface area is 159 Å². The summed E-state index contributed by atoms with van der Waals surface area (Å²) in [6.07, 6.45) is 4.33. The summed E-state index contributed by atoms with van der Waals surface area (Å²) < 4.78 is 29.9. The first-order chi connectivity index (χ1) is 13.1. The number of halogens is 2. The lowest BCUT2D eigenvalue weighted by Crippen LogP contribution is -2.27. The quantitative estimate of drug-likeness (QED) is 0.552. The van der Waals surface area contributed by atoms with Gasteiger partial charge >= 0.3 is 0 Å².